The predicted octanol–water partition coefficient (Wildman–Crippen LogP) is 3.62. The summed E-state index contributed by atoms with van der Waals surface area (Å²) in [5, 5.41) is 3.62. The Balaban J connectivity index is 1.92. The molecule has 1 aromatic carbocycles. The number of rotatable bonds is 3. The number of halogens is 1. The van der Waals surface area contributed by atoms with Gasteiger partial charge in [0.15, 0.2) is 0 Å². The quantitative estimate of drug-likeness (QED) is 0.927. The van der Waals surface area contributed by atoms with Crippen molar-refractivity contribution in [3.63, 3.8) is 0 Å². The van der Waals surface area contributed by atoms with Gasteiger partial charge in [-0.2, -0.15) is 0 Å². The van der Waals surface area contributed by atoms with Crippen LogP contribution < -0.4 is 10.2 Å². The van der Waals surface area contributed by atoms with Crippen LogP contribution in [0.2, 0.25) is 5.02 Å². The van der Waals surface area contributed by atoms with Crippen molar-refractivity contribution < 1.29 is 9.53 Å². The summed E-state index contributed by atoms with van der Waals surface area (Å²) in [7, 11) is 0. The summed E-state index contributed by atoms with van der Waals surface area (Å²) in [6.45, 7) is 9.25. The van der Waals surface area contributed by atoms with Crippen molar-refractivity contribution >= 4 is 23.4 Å². The topological polar surface area (TPSA) is 41.6 Å². The van der Waals surface area contributed by atoms with Gasteiger partial charge in [-0.1, -0.05) is 17.7 Å². The molecule has 1 aromatic rings. The van der Waals surface area contributed by atoms with Gasteiger partial charge in [0.2, 0.25) is 0 Å². The van der Waals surface area contributed by atoms with Crippen LogP contribution in [-0.4, -0.2) is 30.8 Å². The third-order valence-corrected chi connectivity index (χ3v) is 3.53. The SMILES string of the molecule is C[C@@H](CN1CCc2ccc(Cl)cc21)NC(=O)OC(C)(C)C. The molecule has 0 bridgehead atoms. The molecular weight excluding hydrogens is 288 g/mol. The van der Waals surface area contributed by atoms with Crippen molar-refractivity contribution in [2.75, 3.05) is 18.0 Å². The molecule has 0 unspecified atom stereocenters. The molecule has 2 rings (SSSR count). The van der Waals surface area contributed by atoms with Crippen LogP contribution in [-0.2, 0) is 11.2 Å². The van der Waals surface area contributed by atoms with E-state index in [2.05, 4.69) is 16.3 Å². The van der Waals surface area contributed by atoms with Crippen molar-refractivity contribution in [1.82, 2.24) is 5.32 Å². The van der Waals surface area contributed by atoms with Gasteiger partial charge in [-0.05, 0) is 51.8 Å². The minimum atomic E-state index is -0.475. The fourth-order valence-electron chi connectivity index (χ4n) is 2.49. The third kappa shape index (κ3) is 4.53. The Labute approximate surface area is 131 Å². The number of hydrogen-bond acceptors (Lipinski definition) is 3. The highest BCUT2D eigenvalue weighted by atomic mass is 35.5. The van der Waals surface area contributed by atoms with Gasteiger partial charge in [0.05, 0.1) is 0 Å². The number of hydrogen-bond donors (Lipinski definition) is 1. The average Bonchev–Trinajstić information content (AvgIpc) is 2.69. The Kier molecular flexibility index (Phi) is 4.67. The van der Waals surface area contributed by atoms with E-state index >= 15 is 0 Å². The Morgan fingerprint density at radius 1 is 1.48 bits per heavy atom. The van der Waals surface area contributed by atoms with Gasteiger partial charge in [-0.3, -0.25) is 0 Å². The second-order valence-corrected chi connectivity index (χ2v) is 6.95. The summed E-state index contributed by atoms with van der Waals surface area (Å²) in [5.74, 6) is 0. The van der Waals surface area contributed by atoms with Crippen LogP contribution in [0.5, 0.6) is 0 Å². The molecule has 1 aliphatic rings. The number of nitrogens with zero attached hydrogens (tertiary/aromatic N) is 1. The summed E-state index contributed by atoms with van der Waals surface area (Å²) >= 11 is 6.07. The van der Waals surface area contributed by atoms with Crippen LogP contribution in [0.1, 0.15) is 33.3 Å². The van der Waals surface area contributed by atoms with E-state index < -0.39 is 5.60 Å². The van der Waals surface area contributed by atoms with E-state index in [1.165, 1.54) is 11.3 Å². The van der Waals surface area contributed by atoms with E-state index in [0.717, 1.165) is 24.5 Å². The predicted molar refractivity (Wildman–Crippen MR) is 86.2 cm³/mol. The number of fused-ring (bicyclic) bond motifs is 1. The van der Waals surface area contributed by atoms with Crippen LogP contribution in [0.25, 0.3) is 0 Å². The van der Waals surface area contributed by atoms with E-state index in [1.807, 2.05) is 39.8 Å². The van der Waals surface area contributed by atoms with Crippen molar-refractivity contribution in [2.45, 2.75) is 45.8 Å². The Bertz CT molecular complexity index is 525. The zero-order valence-electron chi connectivity index (χ0n) is 13.1. The van der Waals surface area contributed by atoms with Gasteiger partial charge in [0.25, 0.3) is 0 Å². The molecule has 0 aliphatic carbocycles. The van der Waals surface area contributed by atoms with E-state index in [0.29, 0.717) is 0 Å². The summed E-state index contributed by atoms with van der Waals surface area (Å²) in [5.41, 5.74) is 2.00. The molecule has 116 valence electrons. The number of anilines is 1. The van der Waals surface area contributed by atoms with Crippen LogP contribution in [0.15, 0.2) is 18.2 Å². The highest BCUT2D eigenvalue weighted by Gasteiger charge is 2.23. The minimum Gasteiger partial charge on any atom is -0.444 e. The summed E-state index contributed by atoms with van der Waals surface area (Å²) in [6, 6.07) is 5.99. The van der Waals surface area contributed by atoms with Gasteiger partial charge >= 0.3 is 6.09 Å². The summed E-state index contributed by atoms with van der Waals surface area (Å²) < 4.78 is 5.27. The van der Waals surface area contributed by atoms with Gasteiger partial charge in [0.1, 0.15) is 5.60 Å². The molecule has 0 radical (unpaired) electrons. The molecule has 1 N–H and O–H groups in total. The number of carbonyl (C=O) groups is 1. The molecular formula is C16H23ClN2O2. The molecule has 1 atom stereocenters. The monoisotopic (exact) mass is 310 g/mol. The number of alkyl carbamates (subject to hydrolysis) is 1. The third-order valence-electron chi connectivity index (χ3n) is 3.30. The minimum absolute atomic E-state index is 0.00443. The molecule has 0 aromatic heterocycles. The van der Waals surface area contributed by atoms with E-state index in [1.54, 1.807) is 0 Å². The average molecular weight is 311 g/mol. The molecule has 0 spiro atoms. The number of carbonyl (C=O) groups excluding carboxylic acids is 1. The van der Waals surface area contributed by atoms with Gasteiger partial charge in [0, 0.05) is 29.8 Å². The molecule has 1 heterocycles. The van der Waals surface area contributed by atoms with Gasteiger partial charge < -0.3 is 15.0 Å². The maximum atomic E-state index is 11.8. The van der Waals surface area contributed by atoms with E-state index in [9.17, 15) is 4.79 Å². The van der Waals surface area contributed by atoms with Crippen molar-refractivity contribution in [3.8, 4) is 0 Å². The second kappa shape index (κ2) is 6.14. The first-order valence-corrected chi connectivity index (χ1v) is 7.65. The Morgan fingerprint density at radius 3 is 2.86 bits per heavy atom. The smallest absolute Gasteiger partial charge is 0.407 e. The highest BCUT2D eigenvalue weighted by molar-refractivity contribution is 6.30. The summed E-state index contributed by atoms with van der Waals surface area (Å²) in [4.78, 5) is 14.0. The van der Waals surface area contributed by atoms with Crippen LogP contribution in [0.4, 0.5) is 10.5 Å². The fourth-order valence-corrected chi connectivity index (χ4v) is 2.66. The second-order valence-electron chi connectivity index (χ2n) is 6.52. The zero-order chi connectivity index (χ0) is 15.6. The van der Waals surface area contributed by atoms with Gasteiger partial charge in [-0.25, -0.2) is 4.79 Å². The molecule has 4 nitrogen and oxygen atoms in total. The molecule has 0 fully saturated rings. The molecule has 0 saturated carbocycles. The molecule has 5 heteroatoms. The Morgan fingerprint density at radius 2 is 2.19 bits per heavy atom. The van der Waals surface area contributed by atoms with Crippen molar-refractivity contribution in [3.05, 3.63) is 28.8 Å². The lowest BCUT2D eigenvalue weighted by atomic mass is 10.2. The Hall–Kier alpha value is -1.42. The number of amides is 1. The first-order chi connectivity index (χ1) is 9.74. The normalized spacial score (nSPS) is 15.6. The standard InChI is InChI=1S/C16H23ClN2O2/c1-11(18-15(20)21-16(2,3)4)10-19-8-7-12-5-6-13(17)9-14(12)19/h5-6,9,11H,7-8,10H2,1-4H3,(H,18,20)/t11-/m0/s1. The maximum absolute atomic E-state index is 11.8. The van der Waals surface area contributed by atoms with Crippen LogP contribution >= 0.6 is 11.6 Å². The van der Waals surface area contributed by atoms with E-state index in [4.69, 9.17) is 16.3 Å². The first-order valence-electron chi connectivity index (χ1n) is 7.27. The van der Waals surface area contributed by atoms with Crippen molar-refractivity contribution in [2.24, 2.45) is 0 Å². The van der Waals surface area contributed by atoms with E-state index in [-0.39, 0.29) is 12.1 Å². The molecule has 1 aliphatic heterocycles. The zero-order valence-corrected chi connectivity index (χ0v) is 13.8. The number of benzene rings is 1. The lowest BCUT2D eigenvalue weighted by molar-refractivity contribution is 0.0510. The van der Waals surface area contributed by atoms with Crippen LogP contribution in [0, 0.1) is 0 Å². The molecule has 0 saturated heterocycles. The lowest BCUT2D eigenvalue weighted by Crippen LogP contribution is -2.43. The van der Waals surface area contributed by atoms with Gasteiger partial charge in [-0.15, -0.1) is 0 Å². The molecule has 1 amide bonds. The largest absolute Gasteiger partial charge is 0.444 e. The number of nitrogens with one attached hydrogen (secondary N) is 1. The lowest BCUT2D eigenvalue weighted by Gasteiger charge is -2.26. The first kappa shape index (κ1) is 16.0. The number of ether oxygens (including phenoxy) is 1. The summed E-state index contributed by atoms with van der Waals surface area (Å²) in [6.07, 6.45) is 0.645. The highest BCUT2D eigenvalue weighted by Crippen LogP contribution is 2.30. The van der Waals surface area contributed by atoms with Crippen LogP contribution in [0.3, 0.4) is 0 Å². The maximum Gasteiger partial charge on any atom is 0.407 e. The fraction of sp³-hybridized carbons (Fsp3) is 0.562. The molecule has 21 heavy (non-hydrogen) atoms. The van der Waals surface area contributed by atoms with Crippen molar-refractivity contribution in [1.29, 1.82) is 0 Å².